The van der Waals surface area contributed by atoms with Crippen molar-refractivity contribution in [2.45, 2.75) is 20.4 Å². The lowest BCUT2D eigenvalue weighted by atomic mass is 10.2. The lowest BCUT2D eigenvalue weighted by Gasteiger charge is -2.06. The molecular formula is C11H14N2S. The number of benzene rings is 1. The molecule has 0 unspecified atom stereocenters. The molecule has 0 saturated heterocycles. The maximum absolute atomic E-state index is 5.28. The van der Waals surface area contributed by atoms with Gasteiger partial charge in [-0.3, -0.25) is 0 Å². The quantitative estimate of drug-likeness (QED) is 0.747. The summed E-state index contributed by atoms with van der Waals surface area (Å²) in [5.41, 5.74) is 2.32. The highest BCUT2D eigenvalue weighted by Gasteiger charge is 2.04. The van der Waals surface area contributed by atoms with Gasteiger partial charge in [0, 0.05) is 6.54 Å². The Balaban J connectivity index is 2.62. The molecule has 0 bridgehead atoms. The van der Waals surface area contributed by atoms with Crippen LogP contribution >= 0.6 is 12.2 Å². The van der Waals surface area contributed by atoms with Crippen LogP contribution in [0.2, 0.25) is 0 Å². The van der Waals surface area contributed by atoms with Crippen molar-refractivity contribution in [3.8, 4) is 0 Å². The molecule has 0 aliphatic rings. The molecule has 0 fully saturated rings. The number of imidazole rings is 1. The Morgan fingerprint density at radius 2 is 2.07 bits per heavy atom. The molecule has 2 rings (SSSR count). The van der Waals surface area contributed by atoms with Gasteiger partial charge < -0.3 is 9.55 Å². The number of rotatable bonds is 2. The maximum atomic E-state index is 5.28. The lowest BCUT2D eigenvalue weighted by Crippen LogP contribution is -2.03. The molecule has 1 aromatic heterocycles. The van der Waals surface area contributed by atoms with Crippen molar-refractivity contribution in [1.82, 2.24) is 9.55 Å². The molecule has 1 N–H and O–H groups in total. The average molecular weight is 206 g/mol. The standard InChI is InChI=1S/C11H14N2S/c1-8(2)7-13-10-6-4-3-5-9(10)12-11(13)14/h3-6,8H,7H2,1-2H3,(H,12,14). The predicted molar refractivity (Wildman–Crippen MR) is 62.0 cm³/mol. The Morgan fingerprint density at radius 3 is 2.79 bits per heavy atom. The first-order chi connectivity index (χ1) is 6.68. The van der Waals surface area contributed by atoms with Crippen molar-refractivity contribution < 1.29 is 0 Å². The maximum Gasteiger partial charge on any atom is 0.178 e. The second kappa shape index (κ2) is 3.58. The molecular weight excluding hydrogens is 192 g/mol. The number of nitrogens with one attached hydrogen (secondary N) is 1. The summed E-state index contributed by atoms with van der Waals surface area (Å²) in [6.45, 7) is 5.37. The summed E-state index contributed by atoms with van der Waals surface area (Å²) in [7, 11) is 0. The topological polar surface area (TPSA) is 20.7 Å². The molecule has 2 nitrogen and oxygen atoms in total. The number of fused-ring (bicyclic) bond motifs is 1. The second-order valence-corrected chi connectivity index (χ2v) is 4.34. The molecule has 1 aromatic carbocycles. The number of H-pyrrole nitrogens is 1. The van der Waals surface area contributed by atoms with E-state index in [1.165, 1.54) is 5.52 Å². The molecule has 74 valence electrons. The van der Waals surface area contributed by atoms with Crippen LogP contribution < -0.4 is 0 Å². The molecule has 0 spiro atoms. The zero-order valence-corrected chi connectivity index (χ0v) is 9.27. The highest BCUT2D eigenvalue weighted by Crippen LogP contribution is 2.14. The Labute approximate surface area is 88.6 Å². The Morgan fingerprint density at radius 1 is 1.36 bits per heavy atom. The fraction of sp³-hybridized carbons (Fsp3) is 0.364. The van der Waals surface area contributed by atoms with Crippen molar-refractivity contribution in [2.75, 3.05) is 0 Å². The Bertz CT molecular complexity index is 493. The van der Waals surface area contributed by atoms with Gasteiger partial charge in [-0.1, -0.05) is 26.0 Å². The van der Waals surface area contributed by atoms with Crippen LogP contribution in [-0.2, 0) is 6.54 Å². The van der Waals surface area contributed by atoms with Gasteiger partial charge in [0.25, 0.3) is 0 Å². The van der Waals surface area contributed by atoms with Gasteiger partial charge in [0.05, 0.1) is 11.0 Å². The van der Waals surface area contributed by atoms with Crippen LogP contribution in [-0.4, -0.2) is 9.55 Å². The van der Waals surface area contributed by atoms with Crippen molar-refractivity contribution in [3.63, 3.8) is 0 Å². The summed E-state index contributed by atoms with van der Waals surface area (Å²) >= 11 is 5.28. The third-order valence-electron chi connectivity index (χ3n) is 2.23. The number of aromatic amines is 1. The fourth-order valence-corrected chi connectivity index (χ4v) is 1.94. The van der Waals surface area contributed by atoms with E-state index in [4.69, 9.17) is 12.2 Å². The summed E-state index contributed by atoms with van der Waals surface area (Å²) in [6, 6.07) is 8.22. The summed E-state index contributed by atoms with van der Waals surface area (Å²) in [4.78, 5) is 3.21. The van der Waals surface area contributed by atoms with Crippen molar-refractivity contribution >= 4 is 23.3 Å². The van der Waals surface area contributed by atoms with E-state index in [9.17, 15) is 0 Å². The average Bonchev–Trinajstić information content (AvgIpc) is 2.43. The molecule has 0 radical (unpaired) electrons. The van der Waals surface area contributed by atoms with Gasteiger partial charge in [-0.25, -0.2) is 0 Å². The highest BCUT2D eigenvalue weighted by molar-refractivity contribution is 7.71. The molecule has 14 heavy (non-hydrogen) atoms. The summed E-state index contributed by atoms with van der Waals surface area (Å²) < 4.78 is 2.98. The molecule has 0 aliphatic heterocycles. The van der Waals surface area contributed by atoms with E-state index >= 15 is 0 Å². The summed E-state index contributed by atoms with van der Waals surface area (Å²) in [5.74, 6) is 0.612. The van der Waals surface area contributed by atoms with E-state index in [0.717, 1.165) is 16.8 Å². The molecule has 3 heteroatoms. The smallest absolute Gasteiger partial charge is 0.178 e. The molecule has 0 atom stereocenters. The molecule has 0 aliphatic carbocycles. The van der Waals surface area contributed by atoms with Gasteiger partial charge in [0.1, 0.15) is 0 Å². The van der Waals surface area contributed by atoms with E-state index in [2.05, 4.69) is 35.5 Å². The van der Waals surface area contributed by atoms with Gasteiger partial charge in [-0.05, 0) is 30.3 Å². The largest absolute Gasteiger partial charge is 0.331 e. The lowest BCUT2D eigenvalue weighted by molar-refractivity contribution is 0.529. The summed E-state index contributed by atoms with van der Waals surface area (Å²) in [5, 5.41) is 0. The van der Waals surface area contributed by atoms with Crippen molar-refractivity contribution in [1.29, 1.82) is 0 Å². The molecule has 1 heterocycles. The Hall–Kier alpha value is -1.09. The van der Waals surface area contributed by atoms with Crippen LogP contribution in [0.4, 0.5) is 0 Å². The van der Waals surface area contributed by atoms with E-state index in [1.54, 1.807) is 0 Å². The monoisotopic (exact) mass is 206 g/mol. The van der Waals surface area contributed by atoms with Gasteiger partial charge in [-0.2, -0.15) is 0 Å². The van der Waals surface area contributed by atoms with E-state index in [-0.39, 0.29) is 0 Å². The van der Waals surface area contributed by atoms with Crippen LogP contribution in [0.25, 0.3) is 11.0 Å². The highest BCUT2D eigenvalue weighted by atomic mass is 32.1. The zero-order valence-electron chi connectivity index (χ0n) is 8.45. The van der Waals surface area contributed by atoms with Crippen LogP contribution in [0.1, 0.15) is 13.8 Å². The molecule has 2 aromatic rings. The fourth-order valence-electron chi connectivity index (χ4n) is 1.65. The van der Waals surface area contributed by atoms with Crippen LogP contribution in [0.15, 0.2) is 24.3 Å². The minimum atomic E-state index is 0.612. The Kier molecular flexibility index (Phi) is 2.42. The van der Waals surface area contributed by atoms with Crippen molar-refractivity contribution in [3.05, 3.63) is 29.0 Å². The van der Waals surface area contributed by atoms with E-state index < -0.39 is 0 Å². The number of para-hydroxylation sites is 2. The third kappa shape index (κ3) is 1.60. The third-order valence-corrected chi connectivity index (χ3v) is 2.55. The van der Waals surface area contributed by atoms with Crippen LogP contribution in [0, 0.1) is 10.7 Å². The molecule has 0 saturated carbocycles. The van der Waals surface area contributed by atoms with Crippen LogP contribution in [0.5, 0.6) is 0 Å². The first-order valence-corrected chi connectivity index (χ1v) is 5.27. The van der Waals surface area contributed by atoms with Crippen LogP contribution in [0.3, 0.4) is 0 Å². The minimum absolute atomic E-state index is 0.612. The minimum Gasteiger partial charge on any atom is -0.331 e. The number of aromatic nitrogens is 2. The second-order valence-electron chi connectivity index (χ2n) is 3.95. The SMILES string of the molecule is CC(C)Cn1c(=S)[nH]c2ccccc21. The van der Waals surface area contributed by atoms with E-state index in [0.29, 0.717) is 5.92 Å². The van der Waals surface area contributed by atoms with Crippen molar-refractivity contribution in [2.24, 2.45) is 5.92 Å². The van der Waals surface area contributed by atoms with Gasteiger partial charge in [0.2, 0.25) is 0 Å². The first kappa shape index (κ1) is 9.46. The van der Waals surface area contributed by atoms with Gasteiger partial charge >= 0.3 is 0 Å². The predicted octanol–water partition coefficient (Wildman–Crippen LogP) is 3.35. The zero-order chi connectivity index (χ0) is 10.1. The number of hydrogen-bond acceptors (Lipinski definition) is 1. The van der Waals surface area contributed by atoms with Gasteiger partial charge in [0.15, 0.2) is 4.77 Å². The normalized spacial score (nSPS) is 11.4. The molecule has 0 amide bonds. The van der Waals surface area contributed by atoms with Gasteiger partial charge in [-0.15, -0.1) is 0 Å². The van der Waals surface area contributed by atoms with E-state index in [1.807, 2.05) is 12.1 Å². The summed E-state index contributed by atoms with van der Waals surface area (Å²) in [6.07, 6.45) is 0. The number of hydrogen-bond donors (Lipinski definition) is 1. The number of nitrogens with zero attached hydrogens (tertiary/aromatic N) is 1. The first-order valence-electron chi connectivity index (χ1n) is 4.86.